The summed E-state index contributed by atoms with van der Waals surface area (Å²) < 4.78 is 53.9. The molecule has 1 rings (SSSR count). The summed E-state index contributed by atoms with van der Waals surface area (Å²) in [5.41, 5.74) is 0. The lowest BCUT2D eigenvalue weighted by molar-refractivity contribution is -0.297. The van der Waals surface area contributed by atoms with Crippen molar-refractivity contribution in [1.29, 1.82) is 0 Å². The van der Waals surface area contributed by atoms with E-state index in [1.54, 1.807) is 0 Å². The summed E-state index contributed by atoms with van der Waals surface area (Å²) >= 11 is 0. The van der Waals surface area contributed by atoms with Crippen molar-refractivity contribution in [3.63, 3.8) is 0 Å². The van der Waals surface area contributed by atoms with Crippen LogP contribution in [0.4, 0.5) is 0 Å². The van der Waals surface area contributed by atoms with Crippen LogP contribution in [-0.4, -0.2) is 96.0 Å². The van der Waals surface area contributed by atoms with E-state index >= 15 is 0 Å². The van der Waals surface area contributed by atoms with E-state index in [0.29, 0.717) is 12.8 Å². The molecule has 0 amide bonds. The molecule has 6 atom stereocenters. The molecule has 1 saturated heterocycles. The largest absolute Gasteiger partial charge is 0.462 e. The van der Waals surface area contributed by atoms with Crippen LogP contribution in [0.5, 0.6) is 0 Å². The van der Waals surface area contributed by atoms with E-state index in [0.717, 1.165) is 44.9 Å². The van der Waals surface area contributed by atoms with Crippen molar-refractivity contribution in [2.75, 3.05) is 19.0 Å². The summed E-state index contributed by atoms with van der Waals surface area (Å²) in [6.07, 6.45) is 22.7. The smallest absolute Gasteiger partial charge is 0.306 e. The molecule has 318 valence electrons. The molecule has 13 heteroatoms. The lowest BCUT2D eigenvalue weighted by Crippen LogP contribution is -2.60. The Kier molecular flexibility index (Phi) is 30.3. The minimum Gasteiger partial charge on any atom is -0.462 e. The van der Waals surface area contributed by atoms with Crippen molar-refractivity contribution in [2.45, 2.75) is 218 Å². The maximum atomic E-state index is 12.7. The van der Waals surface area contributed by atoms with Crippen LogP contribution < -0.4 is 0 Å². The van der Waals surface area contributed by atoms with Gasteiger partial charge in [-0.25, -0.2) is 0 Å². The molecule has 0 radical (unpaired) electrons. The van der Waals surface area contributed by atoms with Gasteiger partial charge >= 0.3 is 11.9 Å². The molecule has 12 nitrogen and oxygen atoms in total. The van der Waals surface area contributed by atoms with Gasteiger partial charge in [-0.05, 0) is 38.5 Å². The molecule has 4 N–H and O–H groups in total. The van der Waals surface area contributed by atoms with E-state index in [2.05, 4.69) is 26.0 Å². The van der Waals surface area contributed by atoms with Gasteiger partial charge in [0.15, 0.2) is 12.4 Å². The zero-order valence-corrected chi connectivity index (χ0v) is 34.4. The van der Waals surface area contributed by atoms with E-state index in [-0.39, 0.29) is 19.4 Å². The summed E-state index contributed by atoms with van der Waals surface area (Å²) in [7, 11) is -4.60. The Morgan fingerprint density at radius 2 is 1.06 bits per heavy atom. The monoisotopic (exact) mass is 793 g/mol. The van der Waals surface area contributed by atoms with Gasteiger partial charge in [0.1, 0.15) is 36.8 Å². The van der Waals surface area contributed by atoms with Crippen LogP contribution in [0.15, 0.2) is 12.2 Å². The van der Waals surface area contributed by atoms with Crippen LogP contribution in [-0.2, 0) is 38.7 Å². The highest BCUT2D eigenvalue weighted by Gasteiger charge is 2.46. The van der Waals surface area contributed by atoms with Gasteiger partial charge in [-0.15, -0.1) is 0 Å². The van der Waals surface area contributed by atoms with E-state index in [9.17, 15) is 37.9 Å². The Morgan fingerprint density at radius 1 is 0.611 bits per heavy atom. The molecule has 0 aromatic carbocycles. The fraction of sp³-hybridized carbons (Fsp3) is 0.902. The second-order valence-corrected chi connectivity index (χ2v) is 16.5. The van der Waals surface area contributed by atoms with Gasteiger partial charge in [0.25, 0.3) is 10.1 Å². The molecule has 1 aliphatic rings. The second-order valence-electron chi connectivity index (χ2n) is 15.0. The van der Waals surface area contributed by atoms with Crippen LogP contribution in [0.3, 0.4) is 0 Å². The van der Waals surface area contributed by atoms with Crippen molar-refractivity contribution >= 4 is 22.1 Å². The van der Waals surface area contributed by atoms with Gasteiger partial charge in [0.05, 0.1) is 6.61 Å². The minimum atomic E-state index is -4.60. The SMILES string of the molecule is CCCCCCCCCC/C=C/CCCCCC(=O)OC[C@H](CO[C@H]1O[C@H](CS(=O)(=O)O)[C@@H](O)C(O)C1O)OC(=O)CCCCCCCCCCCCC. The van der Waals surface area contributed by atoms with Crippen molar-refractivity contribution in [2.24, 2.45) is 0 Å². The number of rotatable bonds is 35. The van der Waals surface area contributed by atoms with E-state index in [1.807, 2.05) is 0 Å². The van der Waals surface area contributed by atoms with Crippen LogP contribution in [0, 0.1) is 0 Å². The van der Waals surface area contributed by atoms with E-state index < -0.39 is 71.2 Å². The van der Waals surface area contributed by atoms with Crippen LogP contribution in [0.1, 0.15) is 181 Å². The van der Waals surface area contributed by atoms with Gasteiger partial charge < -0.3 is 34.3 Å². The zero-order valence-electron chi connectivity index (χ0n) is 33.6. The molecular weight excluding hydrogens is 717 g/mol. The first-order valence-electron chi connectivity index (χ1n) is 21.2. The van der Waals surface area contributed by atoms with Gasteiger partial charge in [-0.1, -0.05) is 142 Å². The molecule has 0 aliphatic carbocycles. The third-order valence-electron chi connectivity index (χ3n) is 9.85. The predicted octanol–water partition coefficient (Wildman–Crippen LogP) is 7.89. The van der Waals surface area contributed by atoms with Crippen LogP contribution in [0.25, 0.3) is 0 Å². The van der Waals surface area contributed by atoms with Crippen LogP contribution >= 0.6 is 0 Å². The Balaban J connectivity index is 2.48. The molecule has 0 aromatic rings. The van der Waals surface area contributed by atoms with Gasteiger partial charge in [-0.2, -0.15) is 8.42 Å². The number of ether oxygens (including phenoxy) is 4. The Bertz CT molecular complexity index is 1070. The first-order chi connectivity index (χ1) is 26.0. The molecule has 0 saturated carbocycles. The first-order valence-corrected chi connectivity index (χ1v) is 22.9. The highest BCUT2D eigenvalue weighted by molar-refractivity contribution is 7.85. The number of esters is 2. The van der Waals surface area contributed by atoms with Crippen molar-refractivity contribution in [3.05, 3.63) is 12.2 Å². The summed E-state index contributed by atoms with van der Waals surface area (Å²) in [5, 5.41) is 30.8. The molecule has 1 fully saturated rings. The zero-order chi connectivity index (χ0) is 39.9. The average Bonchev–Trinajstić information content (AvgIpc) is 3.13. The fourth-order valence-electron chi connectivity index (χ4n) is 6.49. The number of aliphatic hydroxyl groups is 3. The molecule has 0 bridgehead atoms. The maximum absolute atomic E-state index is 12.7. The number of carbonyl (C=O) groups is 2. The topological polar surface area (TPSA) is 186 Å². The molecule has 1 heterocycles. The van der Waals surface area contributed by atoms with Crippen molar-refractivity contribution in [3.8, 4) is 0 Å². The third kappa shape index (κ3) is 27.1. The second kappa shape index (κ2) is 32.5. The van der Waals surface area contributed by atoms with Gasteiger partial charge in [-0.3, -0.25) is 14.1 Å². The Morgan fingerprint density at radius 3 is 1.56 bits per heavy atom. The first kappa shape index (κ1) is 50.4. The summed E-state index contributed by atoms with van der Waals surface area (Å²) in [4.78, 5) is 25.3. The number of hydrogen-bond donors (Lipinski definition) is 4. The number of aliphatic hydroxyl groups excluding tert-OH is 3. The Hall–Kier alpha value is -1.61. The molecule has 0 aromatic heterocycles. The lowest BCUT2D eigenvalue weighted by Gasteiger charge is -2.40. The molecule has 2 unspecified atom stereocenters. The van der Waals surface area contributed by atoms with Gasteiger partial charge in [0.2, 0.25) is 0 Å². The van der Waals surface area contributed by atoms with Crippen molar-refractivity contribution < 1.29 is 56.8 Å². The number of allylic oxidation sites excluding steroid dienone is 2. The average molecular weight is 793 g/mol. The number of carbonyl (C=O) groups excluding carboxylic acids is 2. The number of hydrogen-bond acceptors (Lipinski definition) is 11. The van der Waals surface area contributed by atoms with Crippen molar-refractivity contribution in [1.82, 2.24) is 0 Å². The number of unbranched alkanes of at least 4 members (excludes halogenated alkanes) is 21. The minimum absolute atomic E-state index is 0.166. The normalized spacial score (nSPS) is 21.0. The highest BCUT2D eigenvalue weighted by atomic mass is 32.2. The third-order valence-corrected chi connectivity index (χ3v) is 10.6. The molecule has 0 spiro atoms. The summed E-state index contributed by atoms with van der Waals surface area (Å²) in [6, 6.07) is 0. The predicted molar refractivity (Wildman–Crippen MR) is 210 cm³/mol. The highest BCUT2D eigenvalue weighted by Crippen LogP contribution is 2.24. The Labute approximate surface area is 326 Å². The quantitative estimate of drug-likeness (QED) is 0.0211. The van der Waals surface area contributed by atoms with Crippen LogP contribution in [0.2, 0.25) is 0 Å². The molecule has 54 heavy (non-hydrogen) atoms. The fourth-order valence-corrected chi connectivity index (χ4v) is 7.19. The molecular formula is C41H76O12S. The maximum Gasteiger partial charge on any atom is 0.306 e. The standard InChI is InChI=1S/C41H76O12S/c1-3-5-7-9-11-13-15-16-17-18-20-21-23-25-27-29-36(42)50-31-34(52-37(43)30-28-26-24-22-19-14-12-10-8-6-4-2)32-51-41-40(46)39(45)38(44)35(53-41)33-54(47,48)49/h18,20,34-35,38-41,44-46H,3-17,19,21-33H2,1-2H3,(H,47,48,49)/b20-18+/t34-,35-,38-,39?,40?,41+/m1/s1. The lowest BCUT2D eigenvalue weighted by atomic mass is 10.00. The van der Waals surface area contributed by atoms with Gasteiger partial charge in [0, 0.05) is 12.8 Å². The van der Waals surface area contributed by atoms with E-state index in [4.69, 9.17) is 18.9 Å². The summed E-state index contributed by atoms with van der Waals surface area (Å²) in [5.74, 6) is -1.99. The van der Waals surface area contributed by atoms with E-state index in [1.165, 1.54) is 96.3 Å². The summed E-state index contributed by atoms with van der Waals surface area (Å²) in [6.45, 7) is 3.73. The molecule has 1 aliphatic heterocycles.